The van der Waals surface area contributed by atoms with Crippen LogP contribution in [0.15, 0.2) is 22.8 Å². The Balaban J connectivity index is 1.70. The molecule has 0 saturated carbocycles. The molecular formula is C14H23N3O3. The molecule has 1 aromatic rings. The summed E-state index contributed by atoms with van der Waals surface area (Å²) in [6, 6.07) is 3.57. The van der Waals surface area contributed by atoms with Crippen molar-refractivity contribution in [3.8, 4) is 0 Å². The summed E-state index contributed by atoms with van der Waals surface area (Å²) in [6.07, 6.45) is 1.61. The van der Waals surface area contributed by atoms with Gasteiger partial charge in [0.2, 0.25) is 5.91 Å². The minimum absolute atomic E-state index is 0.0181. The first-order valence-electron chi connectivity index (χ1n) is 7.07. The summed E-state index contributed by atoms with van der Waals surface area (Å²) in [5, 5.41) is 11.8. The molecule has 0 spiro atoms. The molecule has 1 amide bonds. The SMILES string of the molecule is CC(NC(=O)CN1CCN(CCO)CC1)c1ccco1. The predicted octanol–water partition coefficient (Wildman–Crippen LogP) is 0.0667. The van der Waals surface area contributed by atoms with Gasteiger partial charge in [-0.05, 0) is 19.1 Å². The lowest BCUT2D eigenvalue weighted by atomic mass is 10.2. The summed E-state index contributed by atoms with van der Waals surface area (Å²) in [7, 11) is 0. The van der Waals surface area contributed by atoms with Gasteiger partial charge in [0.05, 0.1) is 25.5 Å². The van der Waals surface area contributed by atoms with Crippen LogP contribution in [0.5, 0.6) is 0 Å². The lowest BCUT2D eigenvalue weighted by Gasteiger charge is -2.33. The van der Waals surface area contributed by atoms with Gasteiger partial charge in [-0.25, -0.2) is 0 Å². The standard InChI is InChI=1S/C14H23N3O3/c1-12(13-3-2-10-20-13)15-14(19)11-17-6-4-16(5-7-17)8-9-18/h2-3,10,12,18H,4-9,11H2,1H3,(H,15,19). The first-order chi connectivity index (χ1) is 9.69. The van der Waals surface area contributed by atoms with Gasteiger partial charge in [-0.3, -0.25) is 14.6 Å². The largest absolute Gasteiger partial charge is 0.467 e. The monoisotopic (exact) mass is 281 g/mol. The molecule has 1 aliphatic heterocycles. The average molecular weight is 281 g/mol. The minimum Gasteiger partial charge on any atom is -0.467 e. The molecule has 1 aliphatic rings. The molecule has 1 fully saturated rings. The van der Waals surface area contributed by atoms with Gasteiger partial charge in [-0.1, -0.05) is 0 Å². The van der Waals surface area contributed by atoms with Crippen LogP contribution in [-0.2, 0) is 4.79 Å². The van der Waals surface area contributed by atoms with Crippen molar-refractivity contribution in [2.75, 3.05) is 45.9 Å². The highest BCUT2D eigenvalue weighted by Gasteiger charge is 2.19. The lowest BCUT2D eigenvalue weighted by molar-refractivity contribution is -0.123. The van der Waals surface area contributed by atoms with E-state index in [1.807, 2.05) is 19.1 Å². The van der Waals surface area contributed by atoms with E-state index in [1.54, 1.807) is 6.26 Å². The highest BCUT2D eigenvalue weighted by Crippen LogP contribution is 2.12. The van der Waals surface area contributed by atoms with E-state index in [1.165, 1.54) is 0 Å². The molecule has 1 atom stereocenters. The molecule has 2 heterocycles. The molecule has 6 nitrogen and oxygen atoms in total. The van der Waals surface area contributed by atoms with Crippen LogP contribution in [0.25, 0.3) is 0 Å². The smallest absolute Gasteiger partial charge is 0.234 e. The molecular weight excluding hydrogens is 258 g/mol. The molecule has 2 N–H and O–H groups in total. The number of piperazine rings is 1. The number of furan rings is 1. The predicted molar refractivity (Wildman–Crippen MR) is 75.2 cm³/mol. The van der Waals surface area contributed by atoms with Crippen molar-refractivity contribution in [2.45, 2.75) is 13.0 Å². The van der Waals surface area contributed by atoms with E-state index in [-0.39, 0.29) is 18.6 Å². The maximum atomic E-state index is 12.0. The zero-order valence-electron chi connectivity index (χ0n) is 11.9. The number of β-amino-alcohol motifs (C(OH)–C–C–N with tert-alkyl or cyclic N) is 1. The summed E-state index contributed by atoms with van der Waals surface area (Å²) in [4.78, 5) is 16.3. The highest BCUT2D eigenvalue weighted by molar-refractivity contribution is 5.78. The minimum atomic E-state index is -0.104. The number of hydrogen-bond donors (Lipinski definition) is 2. The molecule has 1 unspecified atom stereocenters. The van der Waals surface area contributed by atoms with E-state index in [4.69, 9.17) is 9.52 Å². The van der Waals surface area contributed by atoms with Crippen LogP contribution in [0, 0.1) is 0 Å². The van der Waals surface area contributed by atoms with Gasteiger partial charge in [-0.2, -0.15) is 0 Å². The summed E-state index contributed by atoms with van der Waals surface area (Å²) < 4.78 is 5.27. The van der Waals surface area contributed by atoms with Crippen molar-refractivity contribution in [1.82, 2.24) is 15.1 Å². The van der Waals surface area contributed by atoms with Gasteiger partial charge < -0.3 is 14.8 Å². The van der Waals surface area contributed by atoms with Crippen molar-refractivity contribution in [1.29, 1.82) is 0 Å². The van der Waals surface area contributed by atoms with Gasteiger partial charge >= 0.3 is 0 Å². The summed E-state index contributed by atoms with van der Waals surface area (Å²) in [5.74, 6) is 0.788. The normalized spacial score (nSPS) is 18.9. The molecule has 1 saturated heterocycles. The Kier molecular flexibility index (Phi) is 5.58. The number of nitrogens with zero attached hydrogens (tertiary/aromatic N) is 2. The molecule has 0 aliphatic carbocycles. The Morgan fingerprint density at radius 2 is 2.10 bits per heavy atom. The molecule has 6 heteroatoms. The molecule has 0 bridgehead atoms. The van der Waals surface area contributed by atoms with E-state index < -0.39 is 0 Å². The van der Waals surface area contributed by atoms with E-state index in [2.05, 4.69) is 15.1 Å². The van der Waals surface area contributed by atoms with Gasteiger partial charge in [-0.15, -0.1) is 0 Å². The average Bonchev–Trinajstić information content (AvgIpc) is 2.95. The molecule has 2 rings (SSSR count). The van der Waals surface area contributed by atoms with Crippen molar-refractivity contribution >= 4 is 5.91 Å². The van der Waals surface area contributed by atoms with Crippen LogP contribution in [0.1, 0.15) is 18.7 Å². The molecule has 1 aromatic heterocycles. The Morgan fingerprint density at radius 3 is 2.70 bits per heavy atom. The van der Waals surface area contributed by atoms with Crippen LogP contribution in [-0.4, -0.2) is 66.7 Å². The number of carbonyl (C=O) groups excluding carboxylic acids is 1. The maximum Gasteiger partial charge on any atom is 0.234 e. The third-order valence-corrected chi connectivity index (χ3v) is 3.60. The zero-order chi connectivity index (χ0) is 14.4. The Bertz CT molecular complexity index is 400. The van der Waals surface area contributed by atoms with E-state index in [0.717, 1.165) is 38.5 Å². The van der Waals surface area contributed by atoms with Crippen molar-refractivity contribution < 1.29 is 14.3 Å². The Morgan fingerprint density at radius 1 is 1.40 bits per heavy atom. The number of hydrogen-bond acceptors (Lipinski definition) is 5. The second-order valence-electron chi connectivity index (χ2n) is 5.15. The molecule has 0 aromatic carbocycles. The third kappa shape index (κ3) is 4.33. The Hall–Kier alpha value is -1.37. The van der Waals surface area contributed by atoms with E-state index in [0.29, 0.717) is 6.54 Å². The first-order valence-corrected chi connectivity index (χ1v) is 7.07. The van der Waals surface area contributed by atoms with Crippen LogP contribution >= 0.6 is 0 Å². The second-order valence-corrected chi connectivity index (χ2v) is 5.15. The zero-order valence-corrected chi connectivity index (χ0v) is 11.9. The fourth-order valence-corrected chi connectivity index (χ4v) is 2.41. The van der Waals surface area contributed by atoms with Gasteiger partial charge in [0, 0.05) is 32.7 Å². The highest BCUT2D eigenvalue weighted by atomic mass is 16.3. The van der Waals surface area contributed by atoms with E-state index >= 15 is 0 Å². The summed E-state index contributed by atoms with van der Waals surface area (Å²) in [6.45, 7) is 6.78. The topological polar surface area (TPSA) is 69.0 Å². The van der Waals surface area contributed by atoms with E-state index in [9.17, 15) is 4.79 Å². The number of aliphatic hydroxyl groups excluding tert-OH is 1. The number of nitrogens with one attached hydrogen (secondary N) is 1. The second kappa shape index (κ2) is 7.42. The van der Waals surface area contributed by atoms with Gasteiger partial charge in [0.25, 0.3) is 0 Å². The Labute approximate surface area is 119 Å². The number of amides is 1. The van der Waals surface area contributed by atoms with Crippen molar-refractivity contribution in [2.24, 2.45) is 0 Å². The molecule has 20 heavy (non-hydrogen) atoms. The van der Waals surface area contributed by atoms with Crippen LogP contribution in [0.4, 0.5) is 0 Å². The first kappa shape index (κ1) is 15.0. The fraction of sp³-hybridized carbons (Fsp3) is 0.643. The van der Waals surface area contributed by atoms with Gasteiger partial charge in [0.15, 0.2) is 0 Å². The molecule has 112 valence electrons. The van der Waals surface area contributed by atoms with Crippen LogP contribution in [0.3, 0.4) is 0 Å². The number of rotatable bonds is 6. The van der Waals surface area contributed by atoms with Crippen molar-refractivity contribution in [3.63, 3.8) is 0 Å². The molecule has 0 radical (unpaired) electrons. The number of carbonyl (C=O) groups is 1. The van der Waals surface area contributed by atoms with Crippen LogP contribution < -0.4 is 5.32 Å². The quantitative estimate of drug-likeness (QED) is 0.772. The third-order valence-electron chi connectivity index (χ3n) is 3.60. The summed E-state index contributed by atoms with van der Waals surface area (Å²) in [5.41, 5.74) is 0. The summed E-state index contributed by atoms with van der Waals surface area (Å²) >= 11 is 0. The van der Waals surface area contributed by atoms with Crippen molar-refractivity contribution in [3.05, 3.63) is 24.2 Å². The maximum absolute atomic E-state index is 12.0. The van der Waals surface area contributed by atoms with Gasteiger partial charge in [0.1, 0.15) is 5.76 Å². The van der Waals surface area contributed by atoms with Crippen LogP contribution in [0.2, 0.25) is 0 Å². The fourth-order valence-electron chi connectivity index (χ4n) is 2.41. The lowest BCUT2D eigenvalue weighted by Crippen LogP contribution is -2.50. The number of aliphatic hydroxyl groups is 1.